The highest BCUT2D eigenvalue weighted by atomic mass is 16.5. The standard InChI is InChI=1S/C26H29N3O/c1-4-17(2)16-30-25-13-21(19-8-5-7-18(3)11-19)12-22-23(27)14-24(29-26(22)25)20-9-6-10-28-15-20/h5,7-8,10-15,17H,4,6,9,16H2,1-3H3,(H2,27,29). The summed E-state index contributed by atoms with van der Waals surface area (Å²) in [7, 11) is 0. The van der Waals surface area contributed by atoms with Crippen molar-refractivity contribution in [1.82, 2.24) is 4.98 Å². The van der Waals surface area contributed by atoms with Crippen molar-refractivity contribution >= 4 is 28.4 Å². The van der Waals surface area contributed by atoms with Gasteiger partial charge in [0.2, 0.25) is 0 Å². The molecule has 2 aromatic carbocycles. The van der Waals surface area contributed by atoms with E-state index in [1.54, 1.807) is 0 Å². The van der Waals surface area contributed by atoms with E-state index in [1.165, 1.54) is 5.56 Å². The predicted molar refractivity (Wildman–Crippen MR) is 127 cm³/mol. The third-order valence-electron chi connectivity index (χ3n) is 5.69. The highest BCUT2D eigenvalue weighted by Gasteiger charge is 2.15. The molecule has 1 aliphatic rings. The van der Waals surface area contributed by atoms with Crippen LogP contribution in [-0.2, 0) is 0 Å². The predicted octanol–water partition coefficient (Wildman–Crippen LogP) is 6.42. The SMILES string of the molecule is CCC(C)COc1cc(-c2cccc(C)c2)cc2c(N)cc(C3=CN=CCC3)nc12. The highest BCUT2D eigenvalue weighted by Crippen LogP contribution is 2.37. The van der Waals surface area contributed by atoms with Gasteiger partial charge in [0.15, 0.2) is 0 Å². The molecule has 4 rings (SSSR count). The highest BCUT2D eigenvalue weighted by molar-refractivity contribution is 5.98. The Morgan fingerprint density at radius 3 is 2.73 bits per heavy atom. The van der Waals surface area contributed by atoms with Crippen LogP contribution in [0.1, 0.15) is 44.4 Å². The van der Waals surface area contributed by atoms with Crippen molar-refractivity contribution in [3.05, 3.63) is 59.9 Å². The lowest BCUT2D eigenvalue weighted by atomic mass is 9.99. The Bertz CT molecular complexity index is 1130. The summed E-state index contributed by atoms with van der Waals surface area (Å²) in [6, 6.07) is 14.7. The number of aryl methyl sites for hydroxylation is 1. The number of pyridine rings is 1. The van der Waals surface area contributed by atoms with E-state index in [1.807, 2.05) is 18.5 Å². The molecule has 4 nitrogen and oxygen atoms in total. The zero-order valence-electron chi connectivity index (χ0n) is 18.0. The van der Waals surface area contributed by atoms with Crippen molar-refractivity contribution in [3.63, 3.8) is 0 Å². The number of hydrogen-bond donors (Lipinski definition) is 1. The van der Waals surface area contributed by atoms with E-state index >= 15 is 0 Å². The van der Waals surface area contributed by atoms with E-state index in [0.29, 0.717) is 18.2 Å². The smallest absolute Gasteiger partial charge is 0.146 e. The van der Waals surface area contributed by atoms with E-state index < -0.39 is 0 Å². The fourth-order valence-corrected chi connectivity index (χ4v) is 3.63. The first-order valence-corrected chi connectivity index (χ1v) is 10.7. The van der Waals surface area contributed by atoms with Gasteiger partial charge in [-0.3, -0.25) is 4.99 Å². The Kier molecular flexibility index (Phi) is 5.84. The molecular weight excluding hydrogens is 370 g/mol. The summed E-state index contributed by atoms with van der Waals surface area (Å²) in [5, 5.41) is 0.928. The number of aromatic nitrogens is 1. The Hall–Kier alpha value is -3.14. The summed E-state index contributed by atoms with van der Waals surface area (Å²) in [5.74, 6) is 1.26. The molecular formula is C26H29N3O. The summed E-state index contributed by atoms with van der Waals surface area (Å²) in [5.41, 5.74) is 13.5. The van der Waals surface area contributed by atoms with Crippen LogP contribution in [0.4, 0.5) is 5.69 Å². The maximum absolute atomic E-state index is 6.53. The molecule has 0 fully saturated rings. The first-order chi connectivity index (χ1) is 14.5. The molecule has 154 valence electrons. The molecule has 2 heterocycles. The number of nitrogen functional groups attached to an aromatic ring is 1. The first-order valence-electron chi connectivity index (χ1n) is 10.7. The van der Waals surface area contributed by atoms with Gasteiger partial charge < -0.3 is 10.5 Å². The lowest BCUT2D eigenvalue weighted by molar-refractivity contribution is 0.259. The van der Waals surface area contributed by atoms with Crippen LogP contribution in [0.2, 0.25) is 0 Å². The maximum Gasteiger partial charge on any atom is 0.146 e. The Morgan fingerprint density at radius 1 is 1.13 bits per heavy atom. The van der Waals surface area contributed by atoms with Crippen LogP contribution in [0.15, 0.2) is 53.7 Å². The van der Waals surface area contributed by atoms with Crippen LogP contribution in [0.25, 0.3) is 27.6 Å². The second-order valence-corrected chi connectivity index (χ2v) is 8.19. The van der Waals surface area contributed by atoms with Gasteiger partial charge in [-0.2, -0.15) is 0 Å². The van der Waals surface area contributed by atoms with Gasteiger partial charge in [0.25, 0.3) is 0 Å². The molecule has 4 heteroatoms. The third-order valence-corrected chi connectivity index (χ3v) is 5.69. The molecule has 1 aromatic heterocycles. The number of benzene rings is 2. The Morgan fingerprint density at radius 2 is 2.00 bits per heavy atom. The topological polar surface area (TPSA) is 60.5 Å². The summed E-state index contributed by atoms with van der Waals surface area (Å²) >= 11 is 0. The molecule has 1 unspecified atom stereocenters. The van der Waals surface area contributed by atoms with Gasteiger partial charge in [-0.1, -0.05) is 50.1 Å². The summed E-state index contributed by atoms with van der Waals surface area (Å²) < 4.78 is 6.29. The van der Waals surface area contributed by atoms with E-state index in [2.05, 4.69) is 62.2 Å². The largest absolute Gasteiger partial charge is 0.491 e. The van der Waals surface area contributed by atoms with Gasteiger partial charge in [0, 0.05) is 23.5 Å². The molecule has 1 atom stereocenters. The number of anilines is 1. The summed E-state index contributed by atoms with van der Waals surface area (Å²) in [6.07, 6.45) is 6.74. The lowest BCUT2D eigenvalue weighted by Gasteiger charge is -2.17. The fraction of sp³-hybridized carbons (Fsp3) is 0.308. The number of nitrogens with two attached hydrogens (primary N) is 1. The Balaban J connectivity index is 1.87. The molecule has 0 amide bonds. The Labute approximate surface area is 178 Å². The molecule has 0 spiro atoms. The first kappa shape index (κ1) is 20.1. The zero-order valence-corrected chi connectivity index (χ0v) is 18.0. The average molecular weight is 400 g/mol. The number of fused-ring (bicyclic) bond motifs is 1. The number of rotatable bonds is 6. The van der Waals surface area contributed by atoms with Gasteiger partial charge in [-0.25, -0.2) is 4.98 Å². The minimum absolute atomic E-state index is 0.471. The number of allylic oxidation sites excluding steroid dienone is 1. The monoisotopic (exact) mass is 399 g/mol. The molecule has 0 bridgehead atoms. The van der Waals surface area contributed by atoms with Crippen molar-refractivity contribution in [2.75, 3.05) is 12.3 Å². The van der Waals surface area contributed by atoms with Gasteiger partial charge in [0.1, 0.15) is 11.3 Å². The van der Waals surface area contributed by atoms with E-state index in [4.69, 9.17) is 15.5 Å². The average Bonchev–Trinajstić information content (AvgIpc) is 2.77. The van der Waals surface area contributed by atoms with Gasteiger partial charge in [-0.15, -0.1) is 0 Å². The quantitative estimate of drug-likeness (QED) is 0.520. The third kappa shape index (κ3) is 4.23. The minimum Gasteiger partial charge on any atom is -0.491 e. The van der Waals surface area contributed by atoms with Crippen molar-refractivity contribution in [2.24, 2.45) is 10.9 Å². The van der Waals surface area contributed by atoms with Gasteiger partial charge in [-0.05, 0) is 60.6 Å². The summed E-state index contributed by atoms with van der Waals surface area (Å²) in [6.45, 7) is 7.14. The molecule has 0 saturated heterocycles. The number of aliphatic imine (C=N–C) groups is 1. The normalized spacial score (nSPS) is 14.6. The second-order valence-electron chi connectivity index (χ2n) is 8.19. The molecule has 30 heavy (non-hydrogen) atoms. The number of hydrogen-bond acceptors (Lipinski definition) is 4. The minimum atomic E-state index is 0.471. The van der Waals surface area contributed by atoms with Crippen LogP contribution in [0.5, 0.6) is 5.75 Å². The molecule has 3 aromatic rings. The van der Waals surface area contributed by atoms with Crippen LogP contribution in [-0.4, -0.2) is 17.8 Å². The van der Waals surface area contributed by atoms with Crippen molar-refractivity contribution in [1.29, 1.82) is 0 Å². The zero-order chi connectivity index (χ0) is 21.1. The van der Waals surface area contributed by atoms with Crippen LogP contribution >= 0.6 is 0 Å². The van der Waals surface area contributed by atoms with Crippen LogP contribution < -0.4 is 10.5 Å². The summed E-state index contributed by atoms with van der Waals surface area (Å²) in [4.78, 5) is 9.27. The molecule has 0 radical (unpaired) electrons. The maximum atomic E-state index is 6.53. The second kappa shape index (κ2) is 8.70. The van der Waals surface area contributed by atoms with Crippen molar-refractivity contribution in [3.8, 4) is 16.9 Å². The van der Waals surface area contributed by atoms with Gasteiger partial charge in [0.05, 0.1) is 12.3 Å². The number of nitrogens with zero attached hydrogens (tertiary/aromatic N) is 2. The molecule has 0 saturated carbocycles. The molecule has 1 aliphatic heterocycles. The van der Waals surface area contributed by atoms with Crippen molar-refractivity contribution < 1.29 is 4.74 Å². The van der Waals surface area contributed by atoms with Crippen molar-refractivity contribution in [2.45, 2.75) is 40.0 Å². The lowest BCUT2D eigenvalue weighted by Crippen LogP contribution is -2.08. The molecule has 2 N–H and O–H groups in total. The van der Waals surface area contributed by atoms with E-state index in [9.17, 15) is 0 Å². The number of ether oxygens (including phenoxy) is 1. The van der Waals surface area contributed by atoms with E-state index in [-0.39, 0.29) is 0 Å². The fourth-order valence-electron chi connectivity index (χ4n) is 3.63. The van der Waals surface area contributed by atoms with E-state index in [0.717, 1.165) is 58.3 Å². The van der Waals surface area contributed by atoms with Crippen LogP contribution in [0, 0.1) is 12.8 Å². The molecule has 0 aliphatic carbocycles. The van der Waals surface area contributed by atoms with Gasteiger partial charge >= 0.3 is 0 Å². The van der Waals surface area contributed by atoms with Crippen LogP contribution in [0.3, 0.4) is 0 Å².